The number of para-hydroxylation sites is 1. The van der Waals surface area contributed by atoms with Crippen LogP contribution in [0.1, 0.15) is 23.0 Å². The van der Waals surface area contributed by atoms with Crippen LogP contribution in [0.5, 0.6) is 0 Å². The summed E-state index contributed by atoms with van der Waals surface area (Å²) in [6.45, 7) is 3.01. The van der Waals surface area contributed by atoms with Gasteiger partial charge in [-0.15, -0.1) is 0 Å². The summed E-state index contributed by atoms with van der Waals surface area (Å²) < 4.78 is 24.0. The van der Waals surface area contributed by atoms with Gasteiger partial charge in [0.1, 0.15) is 11.4 Å². The summed E-state index contributed by atoms with van der Waals surface area (Å²) in [6.07, 6.45) is -1.14. The monoisotopic (exact) mass is 409 g/mol. The fraction of sp³-hybridized carbons (Fsp3) is 0.158. The lowest BCUT2D eigenvalue weighted by molar-refractivity contribution is -0.123. The van der Waals surface area contributed by atoms with Crippen molar-refractivity contribution in [1.29, 1.82) is 0 Å². The largest absolute Gasteiger partial charge is 0.449 e. The molecule has 1 atom stereocenters. The third-order valence-corrected chi connectivity index (χ3v) is 4.58. The molecule has 0 bridgehead atoms. The van der Waals surface area contributed by atoms with Crippen molar-refractivity contribution in [3.63, 3.8) is 0 Å². The lowest BCUT2D eigenvalue weighted by atomic mass is 10.1. The van der Waals surface area contributed by atoms with Crippen LogP contribution in [0, 0.1) is 12.7 Å². The van der Waals surface area contributed by atoms with Crippen molar-refractivity contribution in [3.8, 4) is 0 Å². The Morgan fingerprint density at radius 2 is 1.85 bits per heavy atom. The Balaban J connectivity index is 1.76. The summed E-state index contributed by atoms with van der Waals surface area (Å²) in [6, 6.07) is 8.68. The predicted octanol–water partition coefficient (Wildman–Crippen LogP) is 5.37. The number of rotatable bonds is 4. The number of furan rings is 1. The minimum absolute atomic E-state index is 0.0916. The second-order valence-corrected chi connectivity index (χ2v) is 6.64. The molecule has 0 radical (unpaired) electrons. The first-order valence-corrected chi connectivity index (χ1v) is 8.68. The van der Waals surface area contributed by atoms with Crippen molar-refractivity contribution in [1.82, 2.24) is 0 Å². The molecule has 3 rings (SSSR count). The Hall–Kier alpha value is -2.57. The highest BCUT2D eigenvalue weighted by Crippen LogP contribution is 2.30. The summed E-state index contributed by atoms with van der Waals surface area (Å²) in [4.78, 5) is 24.7. The zero-order chi connectivity index (χ0) is 19.7. The minimum Gasteiger partial charge on any atom is -0.449 e. The van der Waals surface area contributed by atoms with E-state index in [1.54, 1.807) is 25.1 Å². The van der Waals surface area contributed by atoms with Gasteiger partial charge < -0.3 is 14.5 Å². The summed E-state index contributed by atoms with van der Waals surface area (Å²) in [7, 11) is 0. The number of carbonyl (C=O) groups is 2. The summed E-state index contributed by atoms with van der Waals surface area (Å²) in [5, 5.41) is 3.49. The average Bonchev–Trinajstić information content (AvgIpc) is 2.94. The molecule has 0 fully saturated rings. The first-order valence-electron chi connectivity index (χ1n) is 7.92. The minimum atomic E-state index is -1.14. The maximum atomic E-state index is 13.4. The lowest BCUT2D eigenvalue weighted by Gasteiger charge is -2.14. The van der Waals surface area contributed by atoms with E-state index >= 15 is 0 Å². The van der Waals surface area contributed by atoms with Gasteiger partial charge in [-0.2, -0.15) is 0 Å². The molecule has 0 aliphatic rings. The van der Waals surface area contributed by atoms with Gasteiger partial charge in [-0.05, 0) is 44.2 Å². The second-order valence-electron chi connectivity index (χ2n) is 5.83. The van der Waals surface area contributed by atoms with Crippen molar-refractivity contribution >= 4 is 51.7 Å². The van der Waals surface area contributed by atoms with E-state index in [1.807, 2.05) is 0 Å². The number of nitrogens with one attached hydrogen (secondary N) is 1. The highest BCUT2D eigenvalue weighted by atomic mass is 35.5. The van der Waals surface area contributed by atoms with Crippen molar-refractivity contribution in [3.05, 3.63) is 63.6 Å². The summed E-state index contributed by atoms with van der Waals surface area (Å²) >= 11 is 12.0. The van der Waals surface area contributed by atoms with Crippen LogP contribution in [0.4, 0.5) is 10.1 Å². The molecule has 1 heterocycles. The van der Waals surface area contributed by atoms with Crippen LogP contribution in [0.25, 0.3) is 11.0 Å². The molecule has 0 aliphatic carbocycles. The van der Waals surface area contributed by atoms with Crippen LogP contribution in [0.15, 0.2) is 40.8 Å². The molecule has 8 heteroatoms. The quantitative estimate of drug-likeness (QED) is 0.587. The topological polar surface area (TPSA) is 68.5 Å². The molecule has 1 aromatic heterocycles. The van der Waals surface area contributed by atoms with Gasteiger partial charge in [-0.25, -0.2) is 9.18 Å². The van der Waals surface area contributed by atoms with Gasteiger partial charge in [0, 0.05) is 10.9 Å². The van der Waals surface area contributed by atoms with Gasteiger partial charge in [0.05, 0.1) is 15.7 Å². The van der Waals surface area contributed by atoms with E-state index in [2.05, 4.69) is 5.32 Å². The van der Waals surface area contributed by atoms with Crippen LogP contribution in [-0.4, -0.2) is 18.0 Å². The number of benzene rings is 2. The van der Waals surface area contributed by atoms with Gasteiger partial charge in [-0.3, -0.25) is 4.79 Å². The molecular formula is C19H14Cl2FNO4. The fourth-order valence-electron chi connectivity index (χ4n) is 2.50. The molecule has 0 spiro atoms. The molecule has 0 unspecified atom stereocenters. The Morgan fingerprint density at radius 3 is 2.52 bits per heavy atom. The number of fused-ring (bicyclic) bond motifs is 1. The highest BCUT2D eigenvalue weighted by Gasteiger charge is 2.25. The Labute approximate surface area is 164 Å². The third-order valence-electron chi connectivity index (χ3n) is 3.95. The number of carbonyl (C=O) groups excluding carboxylic acids is 2. The van der Waals surface area contributed by atoms with Crippen molar-refractivity contribution < 1.29 is 23.1 Å². The molecule has 1 N–H and O–H groups in total. The second kappa shape index (κ2) is 7.58. The zero-order valence-corrected chi connectivity index (χ0v) is 15.8. The van der Waals surface area contributed by atoms with Crippen molar-refractivity contribution in [2.24, 2.45) is 0 Å². The lowest BCUT2D eigenvalue weighted by Crippen LogP contribution is -2.30. The van der Waals surface area contributed by atoms with E-state index < -0.39 is 23.8 Å². The fourth-order valence-corrected chi connectivity index (χ4v) is 2.99. The molecule has 0 saturated carbocycles. The van der Waals surface area contributed by atoms with E-state index in [4.69, 9.17) is 32.4 Å². The van der Waals surface area contributed by atoms with Crippen LogP contribution in [0.2, 0.25) is 10.0 Å². The van der Waals surface area contributed by atoms with Gasteiger partial charge in [-0.1, -0.05) is 29.3 Å². The maximum absolute atomic E-state index is 13.4. The number of aryl methyl sites for hydroxylation is 1. The molecule has 5 nitrogen and oxygen atoms in total. The number of hydrogen-bond acceptors (Lipinski definition) is 4. The summed E-state index contributed by atoms with van der Waals surface area (Å²) in [5.41, 5.74) is 1.00. The predicted molar refractivity (Wildman–Crippen MR) is 101 cm³/mol. The van der Waals surface area contributed by atoms with Gasteiger partial charge in [0.25, 0.3) is 5.91 Å². The van der Waals surface area contributed by atoms with Gasteiger partial charge in [0.2, 0.25) is 5.76 Å². The number of hydrogen-bond donors (Lipinski definition) is 1. The van der Waals surface area contributed by atoms with Gasteiger partial charge in [0.15, 0.2) is 6.10 Å². The van der Waals surface area contributed by atoms with E-state index in [1.165, 1.54) is 25.1 Å². The Kier molecular flexibility index (Phi) is 5.39. The number of anilines is 1. The van der Waals surface area contributed by atoms with Crippen LogP contribution < -0.4 is 5.32 Å². The van der Waals surface area contributed by atoms with Gasteiger partial charge >= 0.3 is 5.97 Å². The highest BCUT2D eigenvalue weighted by molar-refractivity contribution is 6.39. The normalized spacial score (nSPS) is 12.0. The Morgan fingerprint density at radius 1 is 1.19 bits per heavy atom. The molecule has 140 valence electrons. The summed E-state index contributed by atoms with van der Waals surface area (Å²) in [5.74, 6) is -1.99. The Bertz CT molecular complexity index is 1030. The number of esters is 1. The standard InChI is InChI=1S/C19H14Cl2FNO4/c1-9-12-8-11(22)6-7-15(12)27-17(9)19(25)26-10(2)18(24)23-16-13(20)4-3-5-14(16)21/h3-8,10H,1-2H3,(H,23,24)/t10-/m0/s1. The third kappa shape index (κ3) is 3.91. The zero-order valence-electron chi connectivity index (χ0n) is 14.3. The van der Waals surface area contributed by atoms with Crippen molar-refractivity contribution in [2.45, 2.75) is 20.0 Å². The van der Waals surface area contributed by atoms with E-state index in [0.29, 0.717) is 16.5 Å². The SMILES string of the molecule is Cc1c(C(=O)O[C@@H](C)C(=O)Nc2c(Cl)cccc2Cl)oc2ccc(F)cc12. The first kappa shape index (κ1) is 19.2. The number of amides is 1. The molecule has 27 heavy (non-hydrogen) atoms. The van der Waals surface area contributed by atoms with Crippen LogP contribution in [0.3, 0.4) is 0 Å². The molecular weight excluding hydrogens is 396 g/mol. The van der Waals surface area contributed by atoms with Crippen LogP contribution >= 0.6 is 23.2 Å². The van der Waals surface area contributed by atoms with Crippen molar-refractivity contribution in [2.75, 3.05) is 5.32 Å². The van der Waals surface area contributed by atoms with E-state index in [9.17, 15) is 14.0 Å². The molecule has 3 aromatic rings. The van der Waals surface area contributed by atoms with E-state index in [0.717, 1.165) is 0 Å². The maximum Gasteiger partial charge on any atom is 0.375 e. The number of halogens is 3. The molecule has 2 aromatic carbocycles. The molecule has 0 saturated heterocycles. The average molecular weight is 410 g/mol. The first-order chi connectivity index (χ1) is 12.8. The van der Waals surface area contributed by atoms with E-state index in [-0.39, 0.29) is 21.5 Å². The molecule has 0 aliphatic heterocycles. The number of ether oxygens (including phenoxy) is 1. The smallest absolute Gasteiger partial charge is 0.375 e. The molecule has 1 amide bonds. The van der Waals surface area contributed by atoms with Crippen LogP contribution in [-0.2, 0) is 9.53 Å².